The topological polar surface area (TPSA) is 58.6 Å². The van der Waals surface area contributed by atoms with Gasteiger partial charge in [0.15, 0.2) is 0 Å². The van der Waals surface area contributed by atoms with Gasteiger partial charge >= 0.3 is 0 Å². The third kappa shape index (κ3) is 2.68. The Morgan fingerprint density at radius 2 is 2.27 bits per heavy atom. The Balaban J connectivity index is 2.70. The van der Waals surface area contributed by atoms with E-state index < -0.39 is 0 Å². The van der Waals surface area contributed by atoms with Crippen molar-refractivity contribution in [2.24, 2.45) is 0 Å². The number of carbonyl (C=O) groups is 2. The van der Waals surface area contributed by atoms with Gasteiger partial charge in [-0.05, 0) is 13.3 Å². The van der Waals surface area contributed by atoms with Gasteiger partial charge in [-0.15, -0.1) is 0 Å². The summed E-state index contributed by atoms with van der Waals surface area (Å²) in [6, 6.07) is -0.344. The monoisotopic (exact) mass is 214 g/mol. The molecular formula is C10H18N2O3. The van der Waals surface area contributed by atoms with E-state index in [1.54, 1.807) is 12.0 Å². The van der Waals surface area contributed by atoms with Crippen LogP contribution >= 0.6 is 0 Å². The second-order valence-corrected chi connectivity index (χ2v) is 3.73. The number of piperazine rings is 1. The number of hydrogen-bond donors (Lipinski definition) is 1. The number of hydrogen-bond acceptors (Lipinski definition) is 3. The minimum absolute atomic E-state index is 0.0367. The second-order valence-electron chi connectivity index (χ2n) is 3.73. The first-order valence-corrected chi connectivity index (χ1v) is 5.20. The molecular weight excluding hydrogens is 196 g/mol. The fourth-order valence-electron chi connectivity index (χ4n) is 1.68. The van der Waals surface area contributed by atoms with Crippen LogP contribution in [0.25, 0.3) is 0 Å². The molecule has 2 atom stereocenters. The molecule has 0 radical (unpaired) electrons. The van der Waals surface area contributed by atoms with E-state index in [2.05, 4.69) is 5.32 Å². The predicted octanol–water partition coefficient (Wildman–Crippen LogP) is -0.242. The van der Waals surface area contributed by atoms with Crippen LogP contribution in [-0.2, 0) is 14.3 Å². The van der Waals surface area contributed by atoms with Crippen LogP contribution in [0.15, 0.2) is 0 Å². The van der Waals surface area contributed by atoms with Crippen molar-refractivity contribution in [1.82, 2.24) is 10.2 Å². The lowest BCUT2D eigenvalue weighted by Crippen LogP contribution is -2.59. The van der Waals surface area contributed by atoms with E-state index >= 15 is 0 Å². The number of nitrogens with zero attached hydrogens (tertiary/aromatic N) is 1. The van der Waals surface area contributed by atoms with Gasteiger partial charge in [-0.2, -0.15) is 0 Å². The molecule has 2 unspecified atom stereocenters. The summed E-state index contributed by atoms with van der Waals surface area (Å²) in [6.45, 7) is 4.35. The number of amides is 2. The Bertz CT molecular complexity index is 255. The predicted molar refractivity (Wildman–Crippen MR) is 55.3 cm³/mol. The van der Waals surface area contributed by atoms with Crippen molar-refractivity contribution >= 4 is 11.8 Å². The third-order valence-corrected chi connectivity index (χ3v) is 2.66. The van der Waals surface area contributed by atoms with Crippen LogP contribution in [-0.4, -0.2) is 49.1 Å². The molecule has 0 saturated carbocycles. The fraction of sp³-hybridized carbons (Fsp3) is 0.800. The molecule has 1 fully saturated rings. The van der Waals surface area contributed by atoms with E-state index in [4.69, 9.17) is 4.74 Å². The lowest BCUT2D eigenvalue weighted by Gasteiger charge is -2.35. The van der Waals surface area contributed by atoms with Crippen LogP contribution in [0.3, 0.4) is 0 Å². The zero-order valence-electron chi connectivity index (χ0n) is 9.45. The van der Waals surface area contributed by atoms with Crippen LogP contribution in [0.2, 0.25) is 0 Å². The molecule has 0 bridgehead atoms. The summed E-state index contributed by atoms with van der Waals surface area (Å²) in [4.78, 5) is 24.7. The first-order valence-electron chi connectivity index (χ1n) is 5.20. The van der Waals surface area contributed by atoms with Gasteiger partial charge in [-0.3, -0.25) is 9.59 Å². The van der Waals surface area contributed by atoms with Crippen molar-refractivity contribution in [3.05, 3.63) is 0 Å². The highest BCUT2D eigenvalue weighted by Crippen LogP contribution is 2.10. The highest BCUT2D eigenvalue weighted by molar-refractivity contribution is 5.94. The molecule has 5 heteroatoms. The summed E-state index contributed by atoms with van der Waals surface area (Å²) in [6.07, 6.45) is 0.586. The zero-order valence-corrected chi connectivity index (χ0v) is 9.45. The Kier molecular flexibility index (Phi) is 4.08. The van der Waals surface area contributed by atoms with E-state index in [1.165, 1.54) is 0 Å². The van der Waals surface area contributed by atoms with Gasteiger partial charge in [-0.1, -0.05) is 6.92 Å². The summed E-state index contributed by atoms with van der Waals surface area (Å²) in [5, 5.41) is 2.58. The summed E-state index contributed by atoms with van der Waals surface area (Å²) in [5.74, 6) is -0.106. The smallest absolute Gasteiger partial charge is 0.243 e. The van der Waals surface area contributed by atoms with E-state index in [0.29, 0.717) is 13.0 Å². The van der Waals surface area contributed by atoms with Crippen LogP contribution in [0.1, 0.15) is 20.3 Å². The number of nitrogens with one attached hydrogen (secondary N) is 1. The molecule has 0 aromatic heterocycles. The van der Waals surface area contributed by atoms with E-state index in [-0.39, 0.29) is 30.5 Å². The van der Waals surface area contributed by atoms with Crippen molar-refractivity contribution in [3.63, 3.8) is 0 Å². The maximum atomic E-state index is 11.6. The highest BCUT2D eigenvalue weighted by Gasteiger charge is 2.33. The van der Waals surface area contributed by atoms with Crippen molar-refractivity contribution < 1.29 is 14.3 Å². The second kappa shape index (κ2) is 5.11. The van der Waals surface area contributed by atoms with Gasteiger partial charge in [-0.25, -0.2) is 0 Å². The molecule has 86 valence electrons. The zero-order chi connectivity index (χ0) is 11.4. The minimum atomic E-state index is -0.344. The van der Waals surface area contributed by atoms with Crippen molar-refractivity contribution in [3.8, 4) is 0 Å². The van der Waals surface area contributed by atoms with Crippen LogP contribution in [0.4, 0.5) is 0 Å². The van der Waals surface area contributed by atoms with E-state index in [9.17, 15) is 9.59 Å². The summed E-state index contributed by atoms with van der Waals surface area (Å²) >= 11 is 0. The first kappa shape index (κ1) is 12.0. The van der Waals surface area contributed by atoms with Gasteiger partial charge < -0.3 is 15.0 Å². The van der Waals surface area contributed by atoms with Gasteiger partial charge in [0, 0.05) is 13.7 Å². The summed E-state index contributed by atoms with van der Waals surface area (Å²) in [5.41, 5.74) is 0. The van der Waals surface area contributed by atoms with Gasteiger partial charge in [0.05, 0.1) is 12.6 Å². The summed E-state index contributed by atoms with van der Waals surface area (Å²) < 4.78 is 5.10. The van der Waals surface area contributed by atoms with Crippen LogP contribution in [0, 0.1) is 0 Å². The molecule has 0 aromatic carbocycles. The maximum Gasteiger partial charge on any atom is 0.243 e. The Hall–Kier alpha value is -1.10. The largest absolute Gasteiger partial charge is 0.380 e. The number of methoxy groups -OCH3 is 1. The molecule has 1 aliphatic rings. The van der Waals surface area contributed by atoms with E-state index in [1.807, 2.05) is 13.8 Å². The van der Waals surface area contributed by atoms with Gasteiger partial charge in [0.2, 0.25) is 11.8 Å². The number of carbonyl (C=O) groups excluding carboxylic acids is 2. The quantitative estimate of drug-likeness (QED) is 0.702. The molecule has 0 aromatic rings. The molecule has 1 aliphatic heterocycles. The maximum absolute atomic E-state index is 11.6. The van der Waals surface area contributed by atoms with Gasteiger partial charge in [0.1, 0.15) is 6.04 Å². The number of ether oxygens (including phenoxy) is 1. The van der Waals surface area contributed by atoms with Gasteiger partial charge in [0.25, 0.3) is 0 Å². The molecule has 2 amide bonds. The third-order valence-electron chi connectivity index (χ3n) is 2.66. The average Bonchev–Trinajstić information content (AvgIpc) is 2.23. The lowest BCUT2D eigenvalue weighted by molar-refractivity contribution is -0.147. The van der Waals surface area contributed by atoms with Crippen molar-refractivity contribution in [2.45, 2.75) is 32.4 Å². The fourth-order valence-corrected chi connectivity index (χ4v) is 1.68. The first-order chi connectivity index (χ1) is 7.10. The molecule has 5 nitrogen and oxygen atoms in total. The minimum Gasteiger partial charge on any atom is -0.380 e. The number of rotatable bonds is 4. The molecule has 1 rings (SSSR count). The van der Waals surface area contributed by atoms with Crippen molar-refractivity contribution in [1.29, 1.82) is 0 Å². The van der Waals surface area contributed by atoms with Crippen molar-refractivity contribution in [2.75, 3.05) is 20.2 Å². The highest BCUT2D eigenvalue weighted by atomic mass is 16.5. The Morgan fingerprint density at radius 3 is 2.80 bits per heavy atom. The lowest BCUT2D eigenvalue weighted by atomic mass is 10.1. The van der Waals surface area contributed by atoms with E-state index in [0.717, 1.165) is 0 Å². The molecule has 1 heterocycles. The molecule has 1 saturated heterocycles. The molecule has 0 aliphatic carbocycles. The Labute approximate surface area is 89.8 Å². The standard InChI is InChI=1S/C10H18N2O3/c1-4-8-10(14)11-5-9(13)12(8)6-7(2)15-3/h7-8H,4-6H2,1-3H3,(H,11,14). The molecule has 0 spiro atoms. The van der Waals surface area contributed by atoms with Crippen LogP contribution in [0.5, 0.6) is 0 Å². The molecule has 1 N–H and O–H groups in total. The average molecular weight is 214 g/mol. The van der Waals surface area contributed by atoms with Crippen LogP contribution < -0.4 is 5.32 Å². The summed E-state index contributed by atoms with van der Waals surface area (Å²) in [7, 11) is 1.60. The molecule has 15 heavy (non-hydrogen) atoms. The SMILES string of the molecule is CCC1C(=O)NCC(=O)N1CC(C)OC. The Morgan fingerprint density at radius 1 is 1.60 bits per heavy atom. The normalized spacial score (nSPS) is 23.9.